The van der Waals surface area contributed by atoms with Crippen molar-refractivity contribution in [2.45, 2.75) is 20.3 Å². The number of carboxylic acids is 1. The van der Waals surface area contributed by atoms with E-state index in [0.29, 0.717) is 17.0 Å². The van der Waals surface area contributed by atoms with Crippen molar-refractivity contribution < 1.29 is 19.5 Å². The van der Waals surface area contributed by atoms with E-state index in [9.17, 15) is 14.4 Å². The third-order valence-corrected chi connectivity index (χ3v) is 3.36. The highest BCUT2D eigenvalue weighted by Crippen LogP contribution is 2.35. The van der Waals surface area contributed by atoms with Crippen LogP contribution in [-0.4, -0.2) is 22.8 Å². The number of para-hydroxylation sites is 1. The van der Waals surface area contributed by atoms with E-state index in [0.717, 1.165) is 0 Å². The molecule has 5 nitrogen and oxygen atoms in total. The summed E-state index contributed by atoms with van der Waals surface area (Å²) in [5.41, 5.74) is 1.45. The summed E-state index contributed by atoms with van der Waals surface area (Å²) >= 11 is 0. The van der Waals surface area contributed by atoms with Crippen LogP contribution in [0.4, 0.5) is 5.69 Å². The first kappa shape index (κ1) is 14.0. The SMILES string of the molecule is CC(=O)C1=C(C)N(c2ccccc2)C(=O)[C@H]1CC(=O)O. The molecule has 1 aromatic rings. The topological polar surface area (TPSA) is 74.7 Å². The Kier molecular flexibility index (Phi) is 3.70. The van der Waals surface area contributed by atoms with E-state index >= 15 is 0 Å². The van der Waals surface area contributed by atoms with E-state index in [1.165, 1.54) is 11.8 Å². The second-order valence-corrected chi connectivity index (χ2v) is 4.71. The minimum Gasteiger partial charge on any atom is -0.481 e. The first-order chi connectivity index (χ1) is 9.43. The summed E-state index contributed by atoms with van der Waals surface area (Å²) in [5.74, 6) is -2.61. The van der Waals surface area contributed by atoms with Crippen LogP contribution in [0.1, 0.15) is 20.3 Å². The molecule has 5 heteroatoms. The van der Waals surface area contributed by atoms with Gasteiger partial charge in [0.05, 0.1) is 12.3 Å². The predicted octanol–water partition coefficient (Wildman–Crippen LogP) is 1.99. The van der Waals surface area contributed by atoms with E-state index < -0.39 is 11.9 Å². The van der Waals surface area contributed by atoms with Crippen molar-refractivity contribution in [3.63, 3.8) is 0 Å². The fourth-order valence-corrected chi connectivity index (χ4v) is 2.58. The van der Waals surface area contributed by atoms with Crippen molar-refractivity contribution >= 4 is 23.3 Å². The van der Waals surface area contributed by atoms with Crippen LogP contribution >= 0.6 is 0 Å². The standard InChI is InChI=1S/C15H15NO4/c1-9-14(10(2)17)12(8-13(18)19)15(20)16(9)11-6-4-3-5-7-11/h3-7,12H,8H2,1-2H3,(H,18,19)/t12-/m0/s1. The zero-order valence-electron chi connectivity index (χ0n) is 11.3. The van der Waals surface area contributed by atoms with Crippen LogP contribution in [0, 0.1) is 5.92 Å². The Morgan fingerprint density at radius 1 is 1.25 bits per heavy atom. The first-order valence-corrected chi connectivity index (χ1v) is 6.26. The number of hydrogen-bond acceptors (Lipinski definition) is 3. The van der Waals surface area contributed by atoms with Crippen LogP contribution in [0.5, 0.6) is 0 Å². The van der Waals surface area contributed by atoms with Gasteiger partial charge in [0.25, 0.3) is 0 Å². The maximum Gasteiger partial charge on any atom is 0.304 e. The summed E-state index contributed by atoms with van der Waals surface area (Å²) in [6.07, 6.45) is -0.367. The summed E-state index contributed by atoms with van der Waals surface area (Å²) in [4.78, 5) is 36.5. The molecule has 0 aliphatic carbocycles. The van der Waals surface area contributed by atoms with Gasteiger partial charge in [0.15, 0.2) is 5.78 Å². The normalized spacial score (nSPS) is 18.6. The van der Waals surface area contributed by atoms with Crippen LogP contribution in [-0.2, 0) is 14.4 Å². The molecule has 1 aliphatic heterocycles. The zero-order valence-corrected chi connectivity index (χ0v) is 11.3. The lowest BCUT2D eigenvalue weighted by atomic mass is 9.94. The van der Waals surface area contributed by atoms with Gasteiger partial charge in [-0.25, -0.2) is 0 Å². The fourth-order valence-electron chi connectivity index (χ4n) is 2.58. The lowest BCUT2D eigenvalue weighted by Crippen LogP contribution is -2.29. The Hall–Kier alpha value is -2.43. The molecule has 1 aromatic carbocycles. The minimum absolute atomic E-state index is 0.263. The third-order valence-electron chi connectivity index (χ3n) is 3.36. The summed E-state index contributed by atoms with van der Waals surface area (Å²) in [7, 11) is 0. The van der Waals surface area contributed by atoms with E-state index in [-0.39, 0.29) is 18.1 Å². The van der Waals surface area contributed by atoms with Crippen LogP contribution in [0.25, 0.3) is 0 Å². The van der Waals surface area contributed by atoms with Gasteiger partial charge >= 0.3 is 5.97 Å². The maximum atomic E-state index is 12.4. The lowest BCUT2D eigenvalue weighted by molar-refractivity contribution is -0.139. The van der Waals surface area contributed by atoms with Gasteiger partial charge in [-0.05, 0) is 26.0 Å². The van der Waals surface area contributed by atoms with Gasteiger partial charge in [-0.15, -0.1) is 0 Å². The Morgan fingerprint density at radius 3 is 2.35 bits per heavy atom. The highest BCUT2D eigenvalue weighted by atomic mass is 16.4. The number of nitrogens with zero attached hydrogens (tertiary/aromatic N) is 1. The number of ketones is 1. The summed E-state index contributed by atoms with van der Waals surface area (Å²) in [6.45, 7) is 3.03. The Bertz CT molecular complexity index is 604. The molecule has 1 atom stereocenters. The number of benzene rings is 1. The molecule has 0 aromatic heterocycles. The molecular weight excluding hydrogens is 258 g/mol. The van der Waals surface area contributed by atoms with E-state index in [1.54, 1.807) is 31.2 Å². The van der Waals surface area contributed by atoms with Gasteiger partial charge in [-0.1, -0.05) is 18.2 Å². The molecule has 0 radical (unpaired) electrons. The second-order valence-electron chi connectivity index (χ2n) is 4.71. The molecule has 0 fully saturated rings. The number of anilines is 1. The number of amides is 1. The number of carbonyl (C=O) groups is 3. The molecule has 1 aliphatic rings. The average Bonchev–Trinajstić information content (AvgIpc) is 2.61. The summed E-state index contributed by atoms with van der Waals surface area (Å²) in [6, 6.07) is 8.90. The van der Waals surface area contributed by atoms with Gasteiger partial charge < -0.3 is 5.11 Å². The van der Waals surface area contributed by atoms with Crippen LogP contribution in [0.2, 0.25) is 0 Å². The molecule has 1 N–H and O–H groups in total. The van der Waals surface area contributed by atoms with Crippen molar-refractivity contribution in [3.05, 3.63) is 41.6 Å². The molecule has 0 bridgehead atoms. The average molecular weight is 273 g/mol. The number of carbonyl (C=O) groups excluding carboxylic acids is 2. The number of carboxylic acid groups (broad SMARTS) is 1. The van der Waals surface area contributed by atoms with Crippen LogP contribution in [0.3, 0.4) is 0 Å². The summed E-state index contributed by atoms with van der Waals surface area (Å²) < 4.78 is 0. The van der Waals surface area contributed by atoms with Crippen LogP contribution < -0.4 is 4.90 Å². The molecular formula is C15H15NO4. The van der Waals surface area contributed by atoms with E-state index in [2.05, 4.69) is 0 Å². The van der Waals surface area contributed by atoms with Gasteiger partial charge in [-0.3, -0.25) is 19.3 Å². The van der Waals surface area contributed by atoms with E-state index in [4.69, 9.17) is 5.11 Å². The number of allylic oxidation sites excluding steroid dienone is 1. The largest absolute Gasteiger partial charge is 0.481 e. The number of rotatable bonds is 4. The molecule has 1 amide bonds. The first-order valence-electron chi connectivity index (χ1n) is 6.26. The molecule has 0 saturated carbocycles. The third kappa shape index (κ3) is 2.34. The van der Waals surface area contributed by atoms with Crippen molar-refractivity contribution in [2.75, 3.05) is 4.90 Å². The molecule has 20 heavy (non-hydrogen) atoms. The molecule has 0 spiro atoms. The highest BCUT2D eigenvalue weighted by Gasteiger charge is 2.41. The molecule has 0 unspecified atom stereocenters. The molecule has 0 saturated heterocycles. The monoisotopic (exact) mass is 273 g/mol. The van der Waals surface area contributed by atoms with Crippen LogP contribution in [0.15, 0.2) is 41.6 Å². The van der Waals surface area contributed by atoms with Crippen molar-refractivity contribution in [1.82, 2.24) is 0 Å². The Balaban J connectivity index is 2.48. The lowest BCUT2D eigenvalue weighted by Gasteiger charge is -2.18. The number of Topliss-reactive ketones (excluding diaryl/α,β-unsaturated/α-hetero) is 1. The molecule has 2 rings (SSSR count). The number of hydrogen-bond donors (Lipinski definition) is 1. The molecule has 1 heterocycles. The number of aliphatic carboxylic acids is 1. The minimum atomic E-state index is -1.09. The fraction of sp³-hybridized carbons (Fsp3) is 0.267. The van der Waals surface area contributed by atoms with Gasteiger partial charge in [-0.2, -0.15) is 0 Å². The molecule has 104 valence electrons. The van der Waals surface area contributed by atoms with Gasteiger partial charge in [0.1, 0.15) is 0 Å². The smallest absolute Gasteiger partial charge is 0.304 e. The zero-order chi connectivity index (χ0) is 14.9. The van der Waals surface area contributed by atoms with Gasteiger partial charge in [0.2, 0.25) is 5.91 Å². The Morgan fingerprint density at radius 2 is 1.85 bits per heavy atom. The highest BCUT2D eigenvalue weighted by molar-refractivity contribution is 6.13. The quantitative estimate of drug-likeness (QED) is 0.910. The Labute approximate surface area is 116 Å². The van der Waals surface area contributed by atoms with Crippen molar-refractivity contribution in [2.24, 2.45) is 5.92 Å². The summed E-state index contributed by atoms with van der Waals surface area (Å²) in [5, 5.41) is 8.93. The second kappa shape index (κ2) is 5.28. The maximum absolute atomic E-state index is 12.4. The van der Waals surface area contributed by atoms with E-state index in [1.807, 2.05) is 6.07 Å². The van der Waals surface area contributed by atoms with Crippen molar-refractivity contribution in [1.29, 1.82) is 0 Å². The van der Waals surface area contributed by atoms with Crippen molar-refractivity contribution in [3.8, 4) is 0 Å². The van der Waals surface area contributed by atoms with Gasteiger partial charge in [0, 0.05) is 17.0 Å². The predicted molar refractivity (Wildman–Crippen MR) is 73.1 cm³/mol.